The molecule has 0 saturated carbocycles. The minimum Gasteiger partial charge on any atom is -0.322 e. The molecule has 0 amide bonds. The highest BCUT2D eigenvalue weighted by Gasteiger charge is 1.87. The molecule has 1 rings (SSSR count). The molecule has 10 heavy (non-hydrogen) atoms. The fourth-order valence-corrected chi connectivity index (χ4v) is 1.30. The van der Waals surface area contributed by atoms with Crippen molar-refractivity contribution in [2.75, 3.05) is 5.88 Å². The summed E-state index contributed by atoms with van der Waals surface area (Å²) in [5, 5.41) is 0. The van der Waals surface area contributed by atoms with E-state index in [4.69, 9.17) is 5.73 Å². The van der Waals surface area contributed by atoms with E-state index >= 15 is 0 Å². The van der Waals surface area contributed by atoms with E-state index in [1.54, 1.807) is 11.8 Å². The van der Waals surface area contributed by atoms with Gasteiger partial charge in [-0.1, -0.05) is 30.3 Å². The van der Waals surface area contributed by atoms with Crippen molar-refractivity contribution in [3.05, 3.63) is 35.9 Å². The van der Waals surface area contributed by atoms with Crippen LogP contribution in [0, 0.1) is 0 Å². The summed E-state index contributed by atoms with van der Waals surface area (Å²) in [6, 6.07) is 10.3. The summed E-state index contributed by atoms with van der Waals surface area (Å²) in [6.45, 7) is 0. The molecule has 0 aliphatic rings. The number of benzene rings is 1. The highest BCUT2D eigenvalue weighted by atomic mass is 32.2. The van der Waals surface area contributed by atoms with Crippen LogP contribution in [-0.4, -0.2) is 5.88 Å². The monoisotopic (exact) mass is 153 g/mol. The molecule has 0 unspecified atom stereocenters. The van der Waals surface area contributed by atoms with Gasteiger partial charge in [0.25, 0.3) is 0 Å². The van der Waals surface area contributed by atoms with Crippen molar-refractivity contribution in [1.29, 1.82) is 0 Å². The van der Waals surface area contributed by atoms with Gasteiger partial charge in [-0.3, -0.25) is 0 Å². The summed E-state index contributed by atoms with van der Waals surface area (Å²) < 4.78 is 0. The van der Waals surface area contributed by atoms with E-state index < -0.39 is 0 Å². The van der Waals surface area contributed by atoms with Crippen molar-refractivity contribution in [3.63, 3.8) is 0 Å². The average Bonchev–Trinajstić information content (AvgIpc) is 2.03. The van der Waals surface area contributed by atoms with Crippen LogP contribution in [0.4, 0.5) is 0 Å². The topological polar surface area (TPSA) is 26.0 Å². The second-order valence-corrected chi connectivity index (χ2v) is 3.03. The predicted molar refractivity (Wildman–Crippen MR) is 46.8 cm³/mol. The van der Waals surface area contributed by atoms with Crippen LogP contribution in [0.15, 0.2) is 30.3 Å². The zero-order chi connectivity index (χ0) is 7.23. The van der Waals surface area contributed by atoms with Crippen LogP contribution in [0.5, 0.6) is 0 Å². The van der Waals surface area contributed by atoms with Crippen LogP contribution in [0.3, 0.4) is 0 Å². The van der Waals surface area contributed by atoms with E-state index in [0.717, 1.165) is 5.75 Å². The average molecular weight is 153 g/mol. The Hall–Kier alpha value is -0.470. The third-order valence-corrected chi connectivity index (χ3v) is 2.00. The van der Waals surface area contributed by atoms with Crippen molar-refractivity contribution in [3.8, 4) is 0 Å². The third kappa shape index (κ3) is 2.42. The van der Waals surface area contributed by atoms with E-state index in [1.165, 1.54) is 5.56 Å². The lowest BCUT2D eigenvalue weighted by Crippen LogP contribution is -1.92. The Morgan fingerprint density at radius 1 is 1.20 bits per heavy atom. The molecule has 0 aliphatic heterocycles. The number of rotatable bonds is 3. The quantitative estimate of drug-likeness (QED) is 0.670. The molecule has 0 radical (unpaired) electrons. The normalized spacial score (nSPS) is 9.70. The van der Waals surface area contributed by atoms with Gasteiger partial charge in [0.15, 0.2) is 0 Å². The van der Waals surface area contributed by atoms with E-state index in [2.05, 4.69) is 12.1 Å². The Balaban J connectivity index is 2.43. The van der Waals surface area contributed by atoms with Crippen molar-refractivity contribution >= 4 is 11.8 Å². The molecule has 54 valence electrons. The number of hydrogen-bond acceptors (Lipinski definition) is 2. The van der Waals surface area contributed by atoms with Crippen LogP contribution in [-0.2, 0) is 5.75 Å². The zero-order valence-corrected chi connectivity index (χ0v) is 6.60. The Labute approximate surface area is 65.6 Å². The zero-order valence-electron chi connectivity index (χ0n) is 5.79. The molecule has 0 saturated heterocycles. The second-order valence-electron chi connectivity index (χ2n) is 2.00. The maximum Gasteiger partial charge on any atom is 0.0396 e. The van der Waals surface area contributed by atoms with Gasteiger partial charge in [-0.25, -0.2) is 0 Å². The first-order valence-electron chi connectivity index (χ1n) is 3.25. The van der Waals surface area contributed by atoms with Gasteiger partial charge in [0.1, 0.15) is 0 Å². The molecule has 0 spiro atoms. The molecule has 2 N–H and O–H groups in total. The molecule has 1 aromatic carbocycles. The van der Waals surface area contributed by atoms with Gasteiger partial charge in [0.05, 0.1) is 0 Å². The molecular formula is C8H11NS. The van der Waals surface area contributed by atoms with Gasteiger partial charge < -0.3 is 5.73 Å². The summed E-state index contributed by atoms with van der Waals surface area (Å²) in [5.74, 6) is 1.73. The second kappa shape index (κ2) is 4.36. The molecule has 0 aromatic heterocycles. The lowest BCUT2D eigenvalue weighted by Gasteiger charge is -1.96. The third-order valence-electron chi connectivity index (χ3n) is 1.23. The number of hydrogen-bond donors (Lipinski definition) is 1. The van der Waals surface area contributed by atoms with Crippen molar-refractivity contribution in [2.24, 2.45) is 5.73 Å². The van der Waals surface area contributed by atoms with E-state index in [-0.39, 0.29) is 0 Å². The summed E-state index contributed by atoms with van der Waals surface area (Å²) >= 11 is 1.74. The number of nitrogens with two attached hydrogens (primary N) is 1. The van der Waals surface area contributed by atoms with Crippen LogP contribution >= 0.6 is 11.8 Å². The summed E-state index contributed by atoms with van der Waals surface area (Å²) in [6.07, 6.45) is 0. The van der Waals surface area contributed by atoms with Gasteiger partial charge in [-0.05, 0) is 5.56 Å². The lowest BCUT2D eigenvalue weighted by atomic mass is 10.2. The van der Waals surface area contributed by atoms with Gasteiger partial charge in [-0.15, -0.1) is 11.8 Å². The Morgan fingerprint density at radius 2 is 1.90 bits per heavy atom. The predicted octanol–water partition coefficient (Wildman–Crippen LogP) is 1.84. The maximum absolute atomic E-state index is 5.34. The summed E-state index contributed by atoms with van der Waals surface area (Å²) in [4.78, 5) is 0. The van der Waals surface area contributed by atoms with Crippen LogP contribution in [0.25, 0.3) is 0 Å². The van der Waals surface area contributed by atoms with Crippen LogP contribution in [0.1, 0.15) is 5.56 Å². The van der Waals surface area contributed by atoms with E-state index in [1.807, 2.05) is 18.2 Å². The molecule has 2 heteroatoms. The minimum atomic E-state index is 0.703. The van der Waals surface area contributed by atoms with E-state index in [0.29, 0.717) is 5.88 Å². The first-order valence-corrected chi connectivity index (χ1v) is 4.40. The molecule has 1 nitrogen and oxygen atoms in total. The largest absolute Gasteiger partial charge is 0.322 e. The highest BCUT2D eigenvalue weighted by molar-refractivity contribution is 7.98. The molecule has 0 aliphatic carbocycles. The first-order chi connectivity index (χ1) is 4.93. The standard InChI is InChI=1S/C8H11NS/c9-7-10-6-8-4-2-1-3-5-8/h1-5H,6-7,9H2. The SMILES string of the molecule is NCSCc1ccccc1. The van der Waals surface area contributed by atoms with Crippen molar-refractivity contribution in [2.45, 2.75) is 5.75 Å². The van der Waals surface area contributed by atoms with Gasteiger partial charge >= 0.3 is 0 Å². The Bertz CT molecular complexity index is 174. The summed E-state index contributed by atoms with van der Waals surface area (Å²) in [7, 11) is 0. The highest BCUT2D eigenvalue weighted by Crippen LogP contribution is 2.08. The van der Waals surface area contributed by atoms with Crippen LogP contribution in [0.2, 0.25) is 0 Å². The molecule has 0 heterocycles. The van der Waals surface area contributed by atoms with Gasteiger partial charge in [0, 0.05) is 11.6 Å². The fraction of sp³-hybridized carbons (Fsp3) is 0.250. The molecule has 0 bridgehead atoms. The molecule has 0 fully saturated rings. The van der Waals surface area contributed by atoms with Gasteiger partial charge in [-0.2, -0.15) is 0 Å². The molecule has 0 atom stereocenters. The van der Waals surface area contributed by atoms with Crippen LogP contribution < -0.4 is 5.73 Å². The van der Waals surface area contributed by atoms with Gasteiger partial charge in [0.2, 0.25) is 0 Å². The molecule has 1 aromatic rings. The number of thioether (sulfide) groups is 1. The van der Waals surface area contributed by atoms with Crippen molar-refractivity contribution in [1.82, 2.24) is 0 Å². The lowest BCUT2D eigenvalue weighted by molar-refractivity contribution is 1.35. The fourth-order valence-electron chi connectivity index (χ4n) is 0.751. The Morgan fingerprint density at radius 3 is 2.50 bits per heavy atom. The first kappa shape index (κ1) is 7.63. The maximum atomic E-state index is 5.34. The molecular weight excluding hydrogens is 142 g/mol. The van der Waals surface area contributed by atoms with Crippen molar-refractivity contribution < 1.29 is 0 Å². The summed E-state index contributed by atoms with van der Waals surface area (Å²) in [5.41, 5.74) is 6.68. The minimum absolute atomic E-state index is 0.703. The Kier molecular flexibility index (Phi) is 3.33. The van der Waals surface area contributed by atoms with E-state index in [9.17, 15) is 0 Å². The smallest absolute Gasteiger partial charge is 0.0396 e.